The number of benzene rings is 2. The molecule has 5 heteroatoms. The van der Waals surface area contributed by atoms with Crippen LogP contribution in [0, 0.1) is 23.0 Å². The molecule has 0 aliphatic heterocycles. The summed E-state index contributed by atoms with van der Waals surface area (Å²) >= 11 is 0. The van der Waals surface area contributed by atoms with Gasteiger partial charge in [-0.1, -0.05) is 6.07 Å². The average molecular weight is 260 g/mol. The lowest BCUT2D eigenvalue weighted by atomic mass is 10.2. The number of anilines is 1. The van der Waals surface area contributed by atoms with Gasteiger partial charge in [-0.15, -0.1) is 0 Å². The van der Waals surface area contributed by atoms with Crippen LogP contribution in [0.1, 0.15) is 11.1 Å². The topological polar surface area (TPSA) is 59.0 Å². The van der Waals surface area contributed by atoms with Gasteiger partial charge in [-0.25, -0.2) is 8.78 Å². The monoisotopic (exact) mass is 260 g/mol. The Bertz CT molecular complexity index is 650. The van der Waals surface area contributed by atoms with Crippen molar-refractivity contribution >= 4 is 5.69 Å². The molecule has 19 heavy (non-hydrogen) atoms. The van der Waals surface area contributed by atoms with E-state index in [1.165, 1.54) is 24.3 Å². The molecule has 0 aliphatic carbocycles. The molecule has 0 bridgehead atoms. The molecule has 2 N–H and O–H groups in total. The Balaban J connectivity index is 2.10. The molecular weight excluding hydrogens is 250 g/mol. The van der Waals surface area contributed by atoms with Gasteiger partial charge in [-0.2, -0.15) is 5.26 Å². The van der Waals surface area contributed by atoms with Gasteiger partial charge in [0.05, 0.1) is 5.56 Å². The van der Waals surface area contributed by atoms with Crippen molar-refractivity contribution in [3.63, 3.8) is 0 Å². The number of hydrogen-bond acceptors (Lipinski definition) is 3. The standard InChI is InChI=1S/C14H10F2N2O/c15-13-5-11(18)3-1-10(13)8-19-12-4-2-9(7-17)14(16)6-12/h1-6H,8,18H2. The largest absolute Gasteiger partial charge is 0.489 e. The Labute approximate surface area is 108 Å². The number of ether oxygens (including phenoxy) is 1. The summed E-state index contributed by atoms with van der Waals surface area (Å²) in [5, 5.41) is 8.59. The summed E-state index contributed by atoms with van der Waals surface area (Å²) in [6.45, 7) is -0.0442. The minimum Gasteiger partial charge on any atom is -0.489 e. The lowest BCUT2D eigenvalue weighted by Gasteiger charge is -2.08. The number of nitrogen functional groups attached to an aromatic ring is 1. The maximum atomic E-state index is 13.5. The van der Waals surface area contributed by atoms with Crippen molar-refractivity contribution in [2.75, 3.05) is 5.73 Å². The maximum Gasteiger partial charge on any atom is 0.144 e. The summed E-state index contributed by atoms with van der Waals surface area (Å²) in [4.78, 5) is 0. The van der Waals surface area contributed by atoms with E-state index in [-0.39, 0.29) is 17.9 Å². The van der Waals surface area contributed by atoms with E-state index in [4.69, 9.17) is 15.7 Å². The Hall–Kier alpha value is -2.61. The van der Waals surface area contributed by atoms with Crippen molar-refractivity contribution in [3.05, 3.63) is 59.2 Å². The number of nitriles is 1. The molecule has 2 aromatic rings. The molecule has 0 saturated heterocycles. The summed E-state index contributed by atoms with van der Waals surface area (Å²) in [7, 11) is 0. The fourth-order valence-electron chi connectivity index (χ4n) is 1.52. The van der Waals surface area contributed by atoms with Crippen molar-refractivity contribution < 1.29 is 13.5 Å². The van der Waals surface area contributed by atoms with Gasteiger partial charge >= 0.3 is 0 Å². The third kappa shape index (κ3) is 2.99. The van der Waals surface area contributed by atoms with Gasteiger partial charge in [0.1, 0.15) is 30.1 Å². The molecule has 2 aromatic carbocycles. The molecule has 0 saturated carbocycles. The SMILES string of the molecule is N#Cc1ccc(OCc2ccc(N)cc2F)cc1F. The van der Waals surface area contributed by atoms with Crippen molar-refractivity contribution in [2.45, 2.75) is 6.61 Å². The molecule has 0 radical (unpaired) electrons. The lowest BCUT2D eigenvalue weighted by Crippen LogP contribution is -2.00. The predicted octanol–water partition coefficient (Wildman–Crippen LogP) is 3.00. The highest BCUT2D eigenvalue weighted by Gasteiger charge is 2.06. The summed E-state index contributed by atoms with van der Waals surface area (Å²) in [5.41, 5.74) is 6.00. The second-order valence-corrected chi connectivity index (χ2v) is 3.89. The second-order valence-electron chi connectivity index (χ2n) is 3.89. The van der Waals surface area contributed by atoms with Crippen LogP contribution in [-0.4, -0.2) is 0 Å². The van der Waals surface area contributed by atoms with Crippen LogP contribution in [0.5, 0.6) is 5.75 Å². The van der Waals surface area contributed by atoms with E-state index >= 15 is 0 Å². The predicted molar refractivity (Wildman–Crippen MR) is 66.3 cm³/mol. The van der Waals surface area contributed by atoms with Gasteiger partial charge in [0.15, 0.2) is 0 Å². The van der Waals surface area contributed by atoms with E-state index in [2.05, 4.69) is 0 Å². The lowest BCUT2D eigenvalue weighted by molar-refractivity contribution is 0.298. The smallest absolute Gasteiger partial charge is 0.144 e. The number of hydrogen-bond donors (Lipinski definition) is 1. The quantitative estimate of drug-likeness (QED) is 0.863. The zero-order chi connectivity index (χ0) is 13.8. The van der Waals surface area contributed by atoms with Crippen LogP contribution in [0.15, 0.2) is 36.4 Å². The molecule has 0 amide bonds. The molecule has 3 nitrogen and oxygen atoms in total. The third-order valence-corrected chi connectivity index (χ3v) is 2.53. The minimum absolute atomic E-state index is 0.0442. The van der Waals surface area contributed by atoms with Crippen molar-refractivity contribution in [1.29, 1.82) is 5.26 Å². The Morgan fingerprint density at radius 3 is 2.53 bits per heavy atom. The molecule has 0 atom stereocenters. The number of rotatable bonds is 3. The van der Waals surface area contributed by atoms with Crippen LogP contribution in [0.2, 0.25) is 0 Å². The van der Waals surface area contributed by atoms with Crippen LogP contribution in [0.25, 0.3) is 0 Å². The third-order valence-electron chi connectivity index (χ3n) is 2.53. The molecule has 0 heterocycles. The molecule has 0 unspecified atom stereocenters. The number of halogens is 2. The first-order valence-corrected chi connectivity index (χ1v) is 5.46. The van der Waals surface area contributed by atoms with Gasteiger partial charge in [0.25, 0.3) is 0 Å². The molecule has 0 spiro atoms. The molecule has 0 fully saturated rings. The fraction of sp³-hybridized carbons (Fsp3) is 0.0714. The van der Waals surface area contributed by atoms with E-state index in [1.807, 2.05) is 0 Å². The van der Waals surface area contributed by atoms with E-state index < -0.39 is 11.6 Å². The fourth-order valence-corrected chi connectivity index (χ4v) is 1.52. The van der Waals surface area contributed by atoms with Gasteiger partial charge in [0, 0.05) is 17.3 Å². The van der Waals surface area contributed by atoms with E-state index in [9.17, 15) is 8.78 Å². The number of nitrogens with two attached hydrogens (primary N) is 1. The van der Waals surface area contributed by atoms with E-state index in [1.54, 1.807) is 12.1 Å². The van der Waals surface area contributed by atoms with Crippen molar-refractivity contribution in [1.82, 2.24) is 0 Å². The first-order valence-electron chi connectivity index (χ1n) is 5.46. The summed E-state index contributed by atoms with van der Waals surface area (Å²) < 4.78 is 32.1. The Morgan fingerprint density at radius 1 is 1.11 bits per heavy atom. The normalized spacial score (nSPS) is 9.95. The van der Waals surface area contributed by atoms with Gasteiger partial charge < -0.3 is 10.5 Å². The highest BCUT2D eigenvalue weighted by Crippen LogP contribution is 2.19. The molecule has 96 valence electrons. The number of nitrogens with zero attached hydrogens (tertiary/aromatic N) is 1. The Morgan fingerprint density at radius 2 is 1.89 bits per heavy atom. The minimum atomic E-state index is -0.669. The summed E-state index contributed by atoms with van der Waals surface area (Å²) in [6, 6.07) is 9.82. The van der Waals surface area contributed by atoms with Crippen LogP contribution in [0.3, 0.4) is 0 Å². The van der Waals surface area contributed by atoms with Gasteiger partial charge in [-0.3, -0.25) is 0 Å². The summed E-state index contributed by atoms with van der Waals surface area (Å²) in [5.74, 6) is -0.917. The average Bonchev–Trinajstić information content (AvgIpc) is 2.38. The van der Waals surface area contributed by atoms with Crippen molar-refractivity contribution in [2.24, 2.45) is 0 Å². The van der Waals surface area contributed by atoms with Gasteiger partial charge in [-0.05, 0) is 24.3 Å². The van der Waals surface area contributed by atoms with Gasteiger partial charge in [0.2, 0.25) is 0 Å². The summed E-state index contributed by atoms with van der Waals surface area (Å²) in [6.07, 6.45) is 0. The zero-order valence-corrected chi connectivity index (χ0v) is 9.86. The Kier molecular flexibility index (Phi) is 3.62. The molecule has 0 aliphatic rings. The highest BCUT2D eigenvalue weighted by atomic mass is 19.1. The van der Waals surface area contributed by atoms with E-state index in [0.29, 0.717) is 11.3 Å². The van der Waals surface area contributed by atoms with Crippen LogP contribution in [0.4, 0.5) is 14.5 Å². The first-order chi connectivity index (χ1) is 9.10. The van der Waals surface area contributed by atoms with Crippen LogP contribution < -0.4 is 10.5 Å². The highest BCUT2D eigenvalue weighted by molar-refractivity contribution is 5.40. The van der Waals surface area contributed by atoms with Crippen LogP contribution >= 0.6 is 0 Å². The second kappa shape index (κ2) is 5.36. The van der Waals surface area contributed by atoms with Crippen molar-refractivity contribution in [3.8, 4) is 11.8 Å². The molecular formula is C14H10F2N2O. The first kappa shape index (κ1) is 12.8. The van der Waals surface area contributed by atoms with Crippen LogP contribution in [-0.2, 0) is 6.61 Å². The van der Waals surface area contributed by atoms with E-state index in [0.717, 1.165) is 6.07 Å². The zero-order valence-electron chi connectivity index (χ0n) is 9.86. The molecule has 2 rings (SSSR count). The maximum absolute atomic E-state index is 13.5. The molecule has 0 aromatic heterocycles.